The van der Waals surface area contributed by atoms with Crippen LogP contribution in [0.4, 0.5) is 4.39 Å². The van der Waals surface area contributed by atoms with Crippen molar-refractivity contribution in [1.29, 1.82) is 0 Å². The molecular weight excluding hydrogens is 325 g/mol. The molecule has 8 heteroatoms. The first kappa shape index (κ1) is 15.4. The van der Waals surface area contributed by atoms with Gasteiger partial charge in [-0.25, -0.2) is 14.4 Å². The summed E-state index contributed by atoms with van der Waals surface area (Å²) >= 11 is 0. The fourth-order valence-corrected chi connectivity index (χ4v) is 2.82. The molecule has 7 nitrogen and oxygen atoms in total. The molecule has 2 aromatic heterocycles. The van der Waals surface area contributed by atoms with Gasteiger partial charge in [0, 0.05) is 30.9 Å². The Morgan fingerprint density at radius 1 is 1.20 bits per heavy atom. The standard InChI is InChI=1S/C17H14FN5O2/c18-17(16-21-14(25-22-16)12-4-2-1-3-5-12)6-7-23(10-17)15(24)13-8-19-11-20-9-13/h1-5,8-9,11H,6-7,10H2. The van der Waals surface area contributed by atoms with Crippen molar-refractivity contribution < 1.29 is 13.7 Å². The molecule has 1 unspecified atom stereocenters. The molecule has 0 bridgehead atoms. The van der Waals surface area contributed by atoms with Gasteiger partial charge in [-0.1, -0.05) is 23.4 Å². The maximum Gasteiger partial charge on any atom is 0.258 e. The number of aromatic nitrogens is 4. The second kappa shape index (κ2) is 6.04. The molecule has 3 heterocycles. The number of likely N-dealkylation sites (tertiary alicyclic amines) is 1. The fraction of sp³-hybridized carbons (Fsp3) is 0.235. The number of amides is 1. The van der Waals surface area contributed by atoms with Crippen molar-refractivity contribution in [2.75, 3.05) is 13.1 Å². The monoisotopic (exact) mass is 339 g/mol. The Morgan fingerprint density at radius 3 is 2.72 bits per heavy atom. The molecule has 0 N–H and O–H groups in total. The number of halogens is 1. The zero-order valence-corrected chi connectivity index (χ0v) is 13.2. The topological polar surface area (TPSA) is 85.0 Å². The third kappa shape index (κ3) is 2.86. The molecule has 126 valence electrons. The lowest BCUT2D eigenvalue weighted by atomic mass is 10.1. The molecule has 1 aliphatic rings. The summed E-state index contributed by atoms with van der Waals surface area (Å²) in [6.07, 6.45) is 4.27. The quantitative estimate of drug-likeness (QED) is 0.727. The van der Waals surface area contributed by atoms with Crippen LogP contribution >= 0.6 is 0 Å². The van der Waals surface area contributed by atoms with Gasteiger partial charge in [-0.2, -0.15) is 4.98 Å². The molecule has 0 saturated carbocycles. The summed E-state index contributed by atoms with van der Waals surface area (Å²) in [6.45, 7) is 0.133. The number of nitrogens with zero attached hydrogens (tertiary/aromatic N) is 5. The summed E-state index contributed by atoms with van der Waals surface area (Å²) < 4.78 is 20.5. The van der Waals surface area contributed by atoms with Crippen molar-refractivity contribution in [3.05, 3.63) is 60.4 Å². The highest BCUT2D eigenvalue weighted by molar-refractivity contribution is 5.93. The van der Waals surface area contributed by atoms with Crippen LogP contribution in [0.5, 0.6) is 0 Å². The van der Waals surface area contributed by atoms with Crippen LogP contribution in [0.1, 0.15) is 22.6 Å². The Bertz CT molecular complexity index is 886. The average Bonchev–Trinajstić information content (AvgIpc) is 3.31. The van der Waals surface area contributed by atoms with Crippen LogP contribution in [-0.4, -0.2) is 44.0 Å². The van der Waals surface area contributed by atoms with Crippen molar-refractivity contribution in [3.8, 4) is 11.5 Å². The lowest BCUT2D eigenvalue weighted by molar-refractivity contribution is 0.0742. The number of benzene rings is 1. The maximum absolute atomic E-state index is 15.3. The number of rotatable bonds is 3. The second-order valence-corrected chi connectivity index (χ2v) is 5.86. The van der Waals surface area contributed by atoms with Gasteiger partial charge in [0.2, 0.25) is 5.82 Å². The second-order valence-electron chi connectivity index (χ2n) is 5.86. The van der Waals surface area contributed by atoms with Crippen LogP contribution in [0.2, 0.25) is 0 Å². The van der Waals surface area contributed by atoms with Gasteiger partial charge in [-0.3, -0.25) is 4.79 Å². The smallest absolute Gasteiger partial charge is 0.258 e. The zero-order chi connectivity index (χ0) is 17.3. The summed E-state index contributed by atoms with van der Waals surface area (Å²) in [5, 5.41) is 3.79. The molecule has 1 aliphatic heterocycles. The van der Waals surface area contributed by atoms with E-state index in [-0.39, 0.29) is 37.1 Å². The van der Waals surface area contributed by atoms with Gasteiger partial charge in [0.05, 0.1) is 12.1 Å². The highest BCUT2D eigenvalue weighted by atomic mass is 19.1. The van der Waals surface area contributed by atoms with Crippen molar-refractivity contribution in [1.82, 2.24) is 25.0 Å². The molecule has 1 amide bonds. The summed E-state index contributed by atoms with van der Waals surface area (Å²) in [6, 6.07) is 9.15. The molecule has 0 radical (unpaired) electrons. The minimum Gasteiger partial charge on any atom is -0.335 e. The molecule has 1 fully saturated rings. The molecule has 1 saturated heterocycles. The van der Waals surface area contributed by atoms with E-state index in [2.05, 4.69) is 20.1 Å². The van der Waals surface area contributed by atoms with Crippen molar-refractivity contribution in [2.24, 2.45) is 0 Å². The van der Waals surface area contributed by atoms with E-state index in [1.54, 1.807) is 0 Å². The molecule has 4 rings (SSSR count). The van der Waals surface area contributed by atoms with Crippen molar-refractivity contribution in [3.63, 3.8) is 0 Å². The maximum atomic E-state index is 15.3. The molecule has 3 aromatic rings. The van der Waals surface area contributed by atoms with Gasteiger partial charge >= 0.3 is 0 Å². The van der Waals surface area contributed by atoms with E-state index < -0.39 is 5.67 Å². The zero-order valence-electron chi connectivity index (χ0n) is 13.2. The molecule has 0 spiro atoms. The summed E-state index contributed by atoms with van der Waals surface area (Å²) in [5.41, 5.74) is -0.788. The number of carbonyl (C=O) groups excluding carboxylic acids is 1. The number of alkyl halides is 1. The van der Waals surface area contributed by atoms with Crippen LogP contribution in [0.25, 0.3) is 11.5 Å². The van der Waals surface area contributed by atoms with Crippen LogP contribution in [-0.2, 0) is 5.67 Å². The van der Waals surface area contributed by atoms with Crippen LogP contribution in [0.15, 0.2) is 53.6 Å². The van der Waals surface area contributed by atoms with E-state index in [1.165, 1.54) is 23.6 Å². The molecular formula is C17H14FN5O2. The number of carbonyl (C=O) groups is 1. The molecule has 0 aliphatic carbocycles. The third-order valence-corrected chi connectivity index (χ3v) is 4.16. The Morgan fingerprint density at radius 2 is 1.96 bits per heavy atom. The van der Waals surface area contributed by atoms with E-state index in [4.69, 9.17) is 4.52 Å². The largest absolute Gasteiger partial charge is 0.335 e. The first-order chi connectivity index (χ1) is 12.2. The van der Waals surface area contributed by atoms with Crippen molar-refractivity contribution >= 4 is 5.91 Å². The van der Waals surface area contributed by atoms with Gasteiger partial charge in [0.15, 0.2) is 5.67 Å². The SMILES string of the molecule is O=C(c1cncnc1)N1CCC(F)(c2noc(-c3ccccc3)n2)C1. The predicted molar refractivity (Wildman–Crippen MR) is 85.1 cm³/mol. The minimum absolute atomic E-state index is 0.0361. The number of hydrogen-bond acceptors (Lipinski definition) is 6. The Labute approximate surface area is 142 Å². The van der Waals surface area contributed by atoms with Gasteiger partial charge in [-0.15, -0.1) is 0 Å². The molecule has 1 aromatic carbocycles. The molecule has 25 heavy (non-hydrogen) atoms. The third-order valence-electron chi connectivity index (χ3n) is 4.16. The van der Waals surface area contributed by atoms with Gasteiger partial charge in [0.1, 0.15) is 6.33 Å². The fourth-order valence-electron chi connectivity index (χ4n) is 2.82. The Hall–Kier alpha value is -3.16. The van der Waals surface area contributed by atoms with Gasteiger partial charge in [0.25, 0.3) is 11.8 Å². The highest BCUT2D eigenvalue weighted by Gasteiger charge is 2.45. The van der Waals surface area contributed by atoms with E-state index in [0.29, 0.717) is 5.56 Å². The molecule has 1 atom stereocenters. The van der Waals surface area contributed by atoms with E-state index in [0.717, 1.165) is 5.56 Å². The van der Waals surface area contributed by atoms with Crippen LogP contribution < -0.4 is 0 Å². The summed E-state index contributed by atoms with van der Waals surface area (Å²) in [7, 11) is 0. The first-order valence-corrected chi connectivity index (χ1v) is 7.78. The van der Waals surface area contributed by atoms with E-state index in [1.807, 2.05) is 30.3 Å². The van der Waals surface area contributed by atoms with Crippen molar-refractivity contribution in [2.45, 2.75) is 12.1 Å². The minimum atomic E-state index is -1.83. The first-order valence-electron chi connectivity index (χ1n) is 7.78. The lowest BCUT2D eigenvalue weighted by Crippen LogP contribution is -2.32. The summed E-state index contributed by atoms with van der Waals surface area (Å²) in [4.78, 5) is 25.6. The Kier molecular flexibility index (Phi) is 3.72. The lowest BCUT2D eigenvalue weighted by Gasteiger charge is -2.18. The Balaban J connectivity index is 1.54. The number of hydrogen-bond donors (Lipinski definition) is 0. The average molecular weight is 339 g/mol. The van der Waals surface area contributed by atoms with Crippen LogP contribution in [0.3, 0.4) is 0 Å². The normalized spacial score (nSPS) is 20.0. The summed E-state index contributed by atoms with van der Waals surface area (Å²) in [5.74, 6) is -0.0910. The predicted octanol–water partition coefficient (Wildman–Crippen LogP) is 2.24. The van der Waals surface area contributed by atoms with Crippen LogP contribution in [0, 0.1) is 0 Å². The van der Waals surface area contributed by atoms with E-state index >= 15 is 4.39 Å². The van der Waals surface area contributed by atoms with E-state index in [9.17, 15) is 4.79 Å². The van der Waals surface area contributed by atoms with Gasteiger partial charge in [-0.05, 0) is 12.1 Å². The van der Waals surface area contributed by atoms with Gasteiger partial charge < -0.3 is 9.42 Å². The highest BCUT2D eigenvalue weighted by Crippen LogP contribution is 2.35.